The summed E-state index contributed by atoms with van der Waals surface area (Å²) in [6, 6.07) is 3.94. The highest BCUT2D eigenvalue weighted by atomic mass is 16.5. The van der Waals surface area contributed by atoms with E-state index in [1.807, 2.05) is 12.1 Å². The van der Waals surface area contributed by atoms with Crippen LogP contribution in [0.1, 0.15) is 12.8 Å². The van der Waals surface area contributed by atoms with Crippen LogP contribution in [-0.4, -0.2) is 46.4 Å². The largest absolute Gasteiger partial charge is 0.480 e. The molecule has 2 aromatic heterocycles. The van der Waals surface area contributed by atoms with E-state index in [4.69, 9.17) is 10.5 Å². The van der Waals surface area contributed by atoms with Crippen molar-refractivity contribution in [2.24, 2.45) is 5.73 Å². The van der Waals surface area contributed by atoms with Crippen LogP contribution in [0, 0.1) is 0 Å². The molecule has 0 spiro atoms. The van der Waals surface area contributed by atoms with Crippen molar-refractivity contribution in [3.05, 3.63) is 18.3 Å². The van der Waals surface area contributed by atoms with Crippen LogP contribution in [0.15, 0.2) is 18.3 Å². The Hall–Kier alpha value is -2.15. The molecule has 0 aliphatic carbocycles. The number of methoxy groups -OCH3 is 1. The molecule has 1 atom stereocenters. The Morgan fingerprint density at radius 1 is 1.50 bits per heavy atom. The average Bonchev–Trinajstić information content (AvgIpc) is 2.97. The number of nitrogens with zero attached hydrogens (tertiary/aromatic N) is 4. The van der Waals surface area contributed by atoms with Crippen molar-refractivity contribution in [1.29, 1.82) is 0 Å². The van der Waals surface area contributed by atoms with E-state index >= 15 is 0 Å². The molecule has 7 heteroatoms. The van der Waals surface area contributed by atoms with E-state index in [0.29, 0.717) is 17.7 Å². The molecule has 0 bridgehead atoms. The van der Waals surface area contributed by atoms with Gasteiger partial charge in [-0.1, -0.05) is 0 Å². The highest BCUT2D eigenvalue weighted by Gasteiger charge is 2.21. The van der Waals surface area contributed by atoms with Crippen molar-refractivity contribution in [3.8, 4) is 17.3 Å². The lowest BCUT2D eigenvalue weighted by Gasteiger charge is -2.29. The van der Waals surface area contributed by atoms with Gasteiger partial charge in [0.25, 0.3) is 0 Å². The normalized spacial score (nSPS) is 19.1. The molecule has 1 unspecified atom stereocenters. The first-order valence-electron chi connectivity index (χ1n) is 6.70. The first-order valence-corrected chi connectivity index (χ1v) is 6.70. The molecule has 7 nitrogen and oxygen atoms in total. The maximum Gasteiger partial charge on any atom is 0.245 e. The predicted octanol–water partition coefficient (Wildman–Crippen LogP) is 0.803. The third-order valence-corrected chi connectivity index (χ3v) is 3.43. The fourth-order valence-corrected chi connectivity index (χ4v) is 2.44. The van der Waals surface area contributed by atoms with Crippen molar-refractivity contribution >= 4 is 5.95 Å². The number of rotatable bonds is 3. The van der Waals surface area contributed by atoms with Gasteiger partial charge in [-0.3, -0.25) is 5.10 Å². The number of hydrogen-bond acceptors (Lipinski definition) is 6. The van der Waals surface area contributed by atoms with Gasteiger partial charge in [0.15, 0.2) is 5.82 Å². The standard InChI is InChI=1S/C13H18N6O/c1-20-12-10(5-2-6-15-12)11-16-13(18-17-11)19-7-3-4-9(14)8-19/h2,5-6,9H,3-4,7-8,14H2,1H3,(H,16,17,18). The summed E-state index contributed by atoms with van der Waals surface area (Å²) in [6.45, 7) is 1.73. The summed E-state index contributed by atoms with van der Waals surface area (Å²) in [5.74, 6) is 1.87. The van der Waals surface area contributed by atoms with Gasteiger partial charge in [0.1, 0.15) is 0 Å². The van der Waals surface area contributed by atoms with Gasteiger partial charge in [-0.05, 0) is 25.0 Å². The average molecular weight is 274 g/mol. The molecule has 1 saturated heterocycles. The van der Waals surface area contributed by atoms with Crippen LogP contribution < -0.4 is 15.4 Å². The van der Waals surface area contributed by atoms with Gasteiger partial charge in [-0.25, -0.2) is 4.98 Å². The first kappa shape index (κ1) is 12.9. The molecule has 0 radical (unpaired) electrons. The van der Waals surface area contributed by atoms with Crippen LogP contribution in [0.4, 0.5) is 5.95 Å². The molecule has 3 rings (SSSR count). The monoisotopic (exact) mass is 274 g/mol. The SMILES string of the molecule is COc1ncccc1-c1nc(N2CCCC(N)C2)n[nH]1. The zero-order valence-corrected chi connectivity index (χ0v) is 11.4. The molecule has 0 saturated carbocycles. The molecule has 106 valence electrons. The van der Waals surface area contributed by atoms with Crippen LogP contribution in [0.2, 0.25) is 0 Å². The second-order valence-corrected chi connectivity index (χ2v) is 4.89. The molecule has 20 heavy (non-hydrogen) atoms. The number of aromatic amines is 1. The molecular weight excluding hydrogens is 256 g/mol. The van der Waals surface area contributed by atoms with Crippen molar-refractivity contribution in [1.82, 2.24) is 20.2 Å². The number of nitrogens with two attached hydrogens (primary N) is 1. The molecule has 1 aliphatic heterocycles. The molecule has 2 aromatic rings. The minimum Gasteiger partial charge on any atom is -0.480 e. The zero-order chi connectivity index (χ0) is 13.9. The maximum atomic E-state index is 5.99. The van der Waals surface area contributed by atoms with Gasteiger partial charge in [-0.2, -0.15) is 4.98 Å². The van der Waals surface area contributed by atoms with Crippen LogP contribution >= 0.6 is 0 Å². The molecule has 0 aromatic carbocycles. The quantitative estimate of drug-likeness (QED) is 0.860. The van der Waals surface area contributed by atoms with Crippen molar-refractivity contribution in [3.63, 3.8) is 0 Å². The number of hydrogen-bond donors (Lipinski definition) is 2. The Morgan fingerprint density at radius 3 is 3.20 bits per heavy atom. The van der Waals surface area contributed by atoms with E-state index in [0.717, 1.165) is 31.5 Å². The highest BCUT2D eigenvalue weighted by molar-refractivity contribution is 5.62. The lowest BCUT2D eigenvalue weighted by Crippen LogP contribution is -2.43. The molecular formula is C13H18N6O. The van der Waals surface area contributed by atoms with E-state index in [9.17, 15) is 0 Å². The zero-order valence-electron chi connectivity index (χ0n) is 11.4. The van der Waals surface area contributed by atoms with Crippen molar-refractivity contribution in [2.45, 2.75) is 18.9 Å². The summed E-state index contributed by atoms with van der Waals surface area (Å²) in [4.78, 5) is 10.8. The number of ether oxygens (including phenoxy) is 1. The third kappa shape index (κ3) is 2.44. The molecule has 1 aliphatic rings. The number of piperidine rings is 1. The Bertz CT molecular complexity index is 584. The smallest absolute Gasteiger partial charge is 0.245 e. The molecule has 1 fully saturated rings. The Labute approximate surface area is 117 Å². The van der Waals surface area contributed by atoms with Gasteiger partial charge < -0.3 is 15.4 Å². The van der Waals surface area contributed by atoms with Crippen molar-refractivity contribution < 1.29 is 4.74 Å². The molecule has 3 heterocycles. The van der Waals surface area contributed by atoms with E-state index in [1.165, 1.54) is 0 Å². The van der Waals surface area contributed by atoms with Crippen molar-refractivity contribution in [2.75, 3.05) is 25.1 Å². The summed E-state index contributed by atoms with van der Waals surface area (Å²) < 4.78 is 5.24. The Morgan fingerprint density at radius 2 is 2.40 bits per heavy atom. The summed E-state index contributed by atoms with van der Waals surface area (Å²) in [6.07, 6.45) is 3.81. The predicted molar refractivity (Wildman–Crippen MR) is 75.6 cm³/mol. The number of aromatic nitrogens is 4. The second kappa shape index (κ2) is 5.46. The summed E-state index contributed by atoms with van der Waals surface area (Å²) in [5, 5.41) is 7.22. The van der Waals surface area contributed by atoms with E-state index < -0.39 is 0 Å². The lowest BCUT2D eigenvalue weighted by molar-refractivity contribution is 0.399. The topological polar surface area (TPSA) is 93.0 Å². The van der Waals surface area contributed by atoms with E-state index in [2.05, 4.69) is 25.1 Å². The molecule has 0 amide bonds. The Balaban J connectivity index is 1.86. The van der Waals surface area contributed by atoms with Gasteiger partial charge in [0.2, 0.25) is 11.8 Å². The number of nitrogens with one attached hydrogen (secondary N) is 1. The summed E-state index contributed by atoms with van der Waals surface area (Å²) in [7, 11) is 1.59. The minimum atomic E-state index is 0.193. The van der Waals surface area contributed by atoms with Crippen LogP contribution in [-0.2, 0) is 0 Å². The minimum absolute atomic E-state index is 0.193. The number of anilines is 1. The second-order valence-electron chi connectivity index (χ2n) is 4.89. The van der Waals surface area contributed by atoms with Gasteiger partial charge in [0, 0.05) is 25.3 Å². The third-order valence-electron chi connectivity index (χ3n) is 3.43. The fraction of sp³-hybridized carbons (Fsp3) is 0.462. The van der Waals surface area contributed by atoms with Crippen LogP contribution in [0.3, 0.4) is 0 Å². The number of H-pyrrole nitrogens is 1. The maximum absolute atomic E-state index is 5.99. The van der Waals surface area contributed by atoms with E-state index in [1.54, 1.807) is 13.3 Å². The fourth-order valence-electron chi connectivity index (χ4n) is 2.44. The molecule has 3 N–H and O–H groups in total. The first-order chi connectivity index (χ1) is 9.78. The van der Waals surface area contributed by atoms with Gasteiger partial charge >= 0.3 is 0 Å². The van der Waals surface area contributed by atoms with Gasteiger partial charge in [-0.15, -0.1) is 5.10 Å². The highest BCUT2D eigenvalue weighted by Crippen LogP contribution is 2.26. The Kier molecular flexibility index (Phi) is 3.51. The lowest BCUT2D eigenvalue weighted by atomic mass is 10.1. The van der Waals surface area contributed by atoms with Crippen LogP contribution in [0.5, 0.6) is 5.88 Å². The number of pyridine rings is 1. The van der Waals surface area contributed by atoms with Gasteiger partial charge in [0.05, 0.1) is 12.7 Å². The summed E-state index contributed by atoms with van der Waals surface area (Å²) >= 11 is 0. The summed E-state index contributed by atoms with van der Waals surface area (Å²) in [5.41, 5.74) is 6.79. The van der Waals surface area contributed by atoms with Crippen LogP contribution in [0.25, 0.3) is 11.4 Å². The van der Waals surface area contributed by atoms with E-state index in [-0.39, 0.29) is 6.04 Å².